The zero-order chi connectivity index (χ0) is 33.2. The Labute approximate surface area is 280 Å². The summed E-state index contributed by atoms with van der Waals surface area (Å²) in [7, 11) is 0. The van der Waals surface area contributed by atoms with Crippen molar-refractivity contribution >= 4 is 28.8 Å². The van der Waals surface area contributed by atoms with Crippen molar-refractivity contribution in [3.05, 3.63) is 84.6 Å². The van der Waals surface area contributed by atoms with Crippen molar-refractivity contribution in [3.8, 4) is 28.3 Å². The molecule has 0 spiro atoms. The van der Waals surface area contributed by atoms with Crippen LogP contribution in [0.5, 0.6) is 0 Å². The molecule has 2 unspecified atom stereocenters. The van der Waals surface area contributed by atoms with E-state index in [9.17, 15) is 9.90 Å². The number of fused-ring (bicyclic) bond motifs is 3. The molecule has 0 radical (unpaired) electrons. The van der Waals surface area contributed by atoms with E-state index in [0.29, 0.717) is 35.1 Å². The fraction of sp³-hybridized carbons (Fsp3) is 0.368. The van der Waals surface area contributed by atoms with Crippen LogP contribution in [0.25, 0.3) is 39.5 Å². The lowest BCUT2D eigenvalue weighted by Crippen LogP contribution is -2.60. The highest BCUT2D eigenvalue weighted by molar-refractivity contribution is 5.85. The summed E-state index contributed by atoms with van der Waals surface area (Å²) in [5, 5.41) is 10.3. The number of morpholine rings is 1. The largest absolute Gasteiger partial charge is 0.465 e. The van der Waals surface area contributed by atoms with Gasteiger partial charge in [-0.3, -0.25) is 9.47 Å². The molecule has 3 aliphatic rings. The number of carbonyl (C=O) groups is 1. The molecule has 3 fully saturated rings. The molecule has 10 nitrogen and oxygen atoms in total. The van der Waals surface area contributed by atoms with Crippen LogP contribution in [0.4, 0.5) is 16.3 Å². The van der Waals surface area contributed by atoms with E-state index in [1.54, 1.807) is 11.1 Å². The van der Waals surface area contributed by atoms with Gasteiger partial charge in [0.1, 0.15) is 11.3 Å². The molecule has 5 heterocycles. The molecule has 2 aromatic carbocycles. The molecular weight excluding hydrogens is 602 g/mol. The average molecular weight is 644 g/mol. The van der Waals surface area contributed by atoms with Gasteiger partial charge in [-0.1, -0.05) is 24.3 Å². The third-order valence-electron chi connectivity index (χ3n) is 10.3. The van der Waals surface area contributed by atoms with Crippen LogP contribution in [0.15, 0.2) is 79.0 Å². The predicted octanol–water partition coefficient (Wildman–Crippen LogP) is 7.26. The number of hydrogen-bond acceptors (Lipinski definition) is 7. The summed E-state index contributed by atoms with van der Waals surface area (Å²) in [6.07, 6.45) is 6.20. The fourth-order valence-electron chi connectivity index (χ4n) is 8.02. The quantitative estimate of drug-likeness (QED) is 0.198. The van der Waals surface area contributed by atoms with E-state index in [2.05, 4.69) is 46.3 Å². The molecule has 3 N–H and O–H groups in total. The molecule has 1 aliphatic carbocycles. The van der Waals surface area contributed by atoms with E-state index in [1.165, 1.54) is 5.69 Å². The number of pyridine rings is 2. The van der Waals surface area contributed by atoms with Crippen molar-refractivity contribution in [2.24, 2.45) is 0 Å². The number of benzene rings is 2. The van der Waals surface area contributed by atoms with Crippen molar-refractivity contribution in [2.45, 2.75) is 76.2 Å². The number of hydrogen-bond donors (Lipinski definition) is 2. The number of ether oxygens (including phenoxy) is 1. The van der Waals surface area contributed by atoms with Gasteiger partial charge in [0.05, 0.1) is 29.0 Å². The van der Waals surface area contributed by atoms with Gasteiger partial charge < -0.3 is 20.5 Å². The Morgan fingerprint density at radius 3 is 2.35 bits per heavy atom. The van der Waals surface area contributed by atoms with Gasteiger partial charge in [0.2, 0.25) is 0 Å². The maximum atomic E-state index is 12.6. The summed E-state index contributed by atoms with van der Waals surface area (Å²) >= 11 is 0. The number of nitrogens with zero attached hydrogens (tertiary/aromatic N) is 6. The van der Waals surface area contributed by atoms with Crippen LogP contribution < -0.4 is 10.6 Å². The van der Waals surface area contributed by atoms with Crippen molar-refractivity contribution in [3.63, 3.8) is 0 Å². The zero-order valence-electron chi connectivity index (χ0n) is 27.6. The number of carboxylic acid groups (broad SMARTS) is 1. The molecule has 246 valence electrons. The molecule has 10 heteroatoms. The maximum absolute atomic E-state index is 12.6. The van der Waals surface area contributed by atoms with Gasteiger partial charge >= 0.3 is 6.09 Å². The zero-order valence-corrected chi connectivity index (χ0v) is 27.6. The standard InChI is InChI=1S/C38H41N7O3/c1-37(2,3)45(36(46)47)38(18-6-19-38)25-10-12-26(13-11-25)44-34(30-9-5-20-40-33(30)39)42-32-17-16-31(41-35(32)44)24-7-4-8-27(21-24)43-22-28-14-15-29(23-43)48-28/h4-5,7-13,16-17,20-21,28-29H,6,14-15,18-19,22-23H2,1-3H3,(H2,39,40)(H,46,47). The van der Waals surface area contributed by atoms with Crippen LogP contribution >= 0.6 is 0 Å². The molecule has 48 heavy (non-hydrogen) atoms. The van der Waals surface area contributed by atoms with Gasteiger partial charge in [-0.15, -0.1) is 0 Å². The van der Waals surface area contributed by atoms with Crippen LogP contribution in [-0.4, -0.2) is 66.5 Å². The highest BCUT2D eigenvalue weighted by Crippen LogP contribution is 2.49. The number of imidazole rings is 1. The van der Waals surface area contributed by atoms with Gasteiger partial charge in [0.15, 0.2) is 11.5 Å². The van der Waals surface area contributed by atoms with E-state index in [0.717, 1.165) is 73.2 Å². The van der Waals surface area contributed by atoms with E-state index in [-0.39, 0.29) is 0 Å². The van der Waals surface area contributed by atoms with Crippen LogP contribution in [0, 0.1) is 0 Å². The molecular formula is C38H41N7O3. The minimum absolute atomic E-state index is 0.306. The molecule has 1 saturated carbocycles. The van der Waals surface area contributed by atoms with Gasteiger partial charge in [-0.05, 0) is 107 Å². The lowest BCUT2D eigenvalue weighted by Gasteiger charge is -2.54. The van der Waals surface area contributed by atoms with E-state index >= 15 is 0 Å². The summed E-state index contributed by atoms with van der Waals surface area (Å²) in [4.78, 5) is 31.2. The second kappa shape index (κ2) is 11.3. The van der Waals surface area contributed by atoms with Crippen molar-refractivity contribution in [1.29, 1.82) is 0 Å². The fourth-order valence-corrected chi connectivity index (χ4v) is 8.02. The molecule has 2 aliphatic heterocycles. The molecule has 3 aromatic heterocycles. The van der Waals surface area contributed by atoms with E-state index < -0.39 is 17.2 Å². The topological polar surface area (TPSA) is 123 Å². The summed E-state index contributed by atoms with van der Waals surface area (Å²) in [5.74, 6) is 1.03. The Hall–Kier alpha value is -4.96. The smallest absolute Gasteiger partial charge is 0.408 e. The summed E-state index contributed by atoms with van der Waals surface area (Å²) in [6.45, 7) is 7.70. The molecule has 1 amide bonds. The van der Waals surface area contributed by atoms with Gasteiger partial charge in [-0.2, -0.15) is 0 Å². The summed E-state index contributed by atoms with van der Waals surface area (Å²) < 4.78 is 8.11. The van der Waals surface area contributed by atoms with Crippen LogP contribution in [0.3, 0.4) is 0 Å². The first-order valence-electron chi connectivity index (χ1n) is 16.9. The Morgan fingerprint density at radius 1 is 0.958 bits per heavy atom. The third kappa shape index (κ3) is 5.06. The molecule has 2 atom stereocenters. The minimum Gasteiger partial charge on any atom is -0.465 e. The highest BCUT2D eigenvalue weighted by atomic mass is 16.5. The number of amides is 1. The normalized spacial score (nSPS) is 20.1. The number of anilines is 2. The second-order valence-corrected chi connectivity index (χ2v) is 14.4. The summed E-state index contributed by atoms with van der Waals surface area (Å²) in [5.41, 5.74) is 12.3. The molecule has 2 bridgehead atoms. The van der Waals surface area contributed by atoms with Crippen LogP contribution in [0.1, 0.15) is 58.4 Å². The number of aromatic nitrogens is 4. The second-order valence-electron chi connectivity index (χ2n) is 14.4. The predicted molar refractivity (Wildman–Crippen MR) is 187 cm³/mol. The monoisotopic (exact) mass is 643 g/mol. The van der Waals surface area contributed by atoms with Crippen LogP contribution in [-0.2, 0) is 10.3 Å². The number of rotatable bonds is 6. The van der Waals surface area contributed by atoms with E-state index in [4.69, 9.17) is 20.4 Å². The van der Waals surface area contributed by atoms with Gasteiger partial charge in [0, 0.05) is 41.8 Å². The molecule has 2 saturated heterocycles. The van der Waals surface area contributed by atoms with Crippen molar-refractivity contribution in [2.75, 3.05) is 23.7 Å². The average Bonchev–Trinajstić information content (AvgIpc) is 3.60. The lowest BCUT2D eigenvalue weighted by molar-refractivity contribution is -0.0328. The summed E-state index contributed by atoms with van der Waals surface area (Å²) in [6, 6.07) is 24.6. The molecule has 8 rings (SSSR count). The first kappa shape index (κ1) is 30.4. The highest BCUT2D eigenvalue weighted by Gasteiger charge is 2.50. The Balaban J connectivity index is 1.22. The Morgan fingerprint density at radius 2 is 1.71 bits per heavy atom. The third-order valence-corrected chi connectivity index (χ3v) is 10.3. The Bertz CT molecular complexity index is 2000. The van der Waals surface area contributed by atoms with Gasteiger partial charge in [0.25, 0.3) is 0 Å². The number of nitrogens with two attached hydrogens (primary N) is 1. The molecule has 5 aromatic rings. The van der Waals surface area contributed by atoms with Gasteiger partial charge in [-0.25, -0.2) is 19.7 Å². The first-order chi connectivity index (χ1) is 23.1. The lowest BCUT2D eigenvalue weighted by atomic mass is 9.69. The first-order valence-corrected chi connectivity index (χ1v) is 16.9. The SMILES string of the molecule is CC(C)(C)N(C(=O)O)C1(c2ccc(-n3c(-c4cccnc4N)nc4ccc(-c5cccc(N6CC7CCC(C6)O7)c5)nc43)cc2)CCC1. The Kier molecular flexibility index (Phi) is 7.17. The van der Waals surface area contributed by atoms with E-state index in [1.807, 2.05) is 61.7 Å². The number of nitrogen functional groups attached to an aromatic ring is 1. The minimum atomic E-state index is -0.900. The van der Waals surface area contributed by atoms with Crippen molar-refractivity contribution < 1.29 is 14.6 Å². The van der Waals surface area contributed by atoms with Crippen LogP contribution in [0.2, 0.25) is 0 Å². The van der Waals surface area contributed by atoms with Crippen molar-refractivity contribution in [1.82, 2.24) is 24.4 Å². The maximum Gasteiger partial charge on any atom is 0.408 e.